The standard InChI is InChI=1S/C13H18N6O5/c1-2-5(20)18-12(23)9-7(21)8(22)13(24-9)19-4-17-6-10(14)15-3-16-11(6)19/h3-4,7-9,12-13,21-23H,2H2,1H3,(H,18,20)(H2,14,15,16)/t7-,8+,9-,12+,13+/m0/s1. The Bertz CT molecular complexity index is 752. The van der Waals surface area contributed by atoms with Crippen molar-refractivity contribution in [2.24, 2.45) is 0 Å². The Hall–Kier alpha value is -2.34. The highest BCUT2D eigenvalue weighted by Crippen LogP contribution is 2.32. The van der Waals surface area contributed by atoms with Crippen LogP contribution in [0.25, 0.3) is 11.2 Å². The lowest BCUT2D eigenvalue weighted by atomic mass is 10.1. The second kappa shape index (κ2) is 6.28. The fourth-order valence-corrected chi connectivity index (χ4v) is 2.58. The molecule has 1 aliphatic heterocycles. The molecule has 0 saturated carbocycles. The van der Waals surface area contributed by atoms with E-state index in [1.807, 2.05) is 0 Å². The van der Waals surface area contributed by atoms with Gasteiger partial charge in [-0.05, 0) is 0 Å². The molecular formula is C13H18N6O5. The maximum Gasteiger partial charge on any atom is 0.221 e. The normalized spacial score (nSPS) is 28.2. The maximum atomic E-state index is 11.4. The zero-order valence-electron chi connectivity index (χ0n) is 12.8. The fourth-order valence-electron chi connectivity index (χ4n) is 2.58. The number of nitrogens with zero attached hydrogens (tertiary/aromatic N) is 4. The van der Waals surface area contributed by atoms with Crippen LogP contribution in [0, 0.1) is 0 Å². The smallest absolute Gasteiger partial charge is 0.221 e. The fraction of sp³-hybridized carbons (Fsp3) is 0.538. The van der Waals surface area contributed by atoms with Gasteiger partial charge in [0.1, 0.15) is 30.2 Å². The third kappa shape index (κ3) is 2.67. The Morgan fingerprint density at radius 1 is 1.42 bits per heavy atom. The molecule has 24 heavy (non-hydrogen) atoms. The van der Waals surface area contributed by atoms with Gasteiger partial charge in [-0.3, -0.25) is 9.36 Å². The van der Waals surface area contributed by atoms with Crippen LogP contribution in [0.3, 0.4) is 0 Å². The zero-order chi connectivity index (χ0) is 17.4. The molecule has 2 aromatic rings. The number of hydrogen-bond donors (Lipinski definition) is 5. The quantitative estimate of drug-likeness (QED) is 0.391. The number of fused-ring (bicyclic) bond motifs is 1. The third-order valence-electron chi connectivity index (χ3n) is 3.88. The van der Waals surface area contributed by atoms with Gasteiger partial charge in [0.05, 0.1) is 6.33 Å². The summed E-state index contributed by atoms with van der Waals surface area (Å²) < 4.78 is 6.93. The number of amides is 1. The molecule has 3 rings (SSSR count). The topological polar surface area (TPSA) is 169 Å². The SMILES string of the molecule is CCC(=O)N[C@H](O)[C@H]1O[C@@H](n2cnc3c(N)ncnc32)[C@H](O)[C@@H]1O. The number of carbonyl (C=O) groups excluding carboxylic acids is 1. The zero-order valence-corrected chi connectivity index (χ0v) is 12.8. The Morgan fingerprint density at radius 2 is 2.17 bits per heavy atom. The largest absolute Gasteiger partial charge is 0.387 e. The van der Waals surface area contributed by atoms with E-state index in [2.05, 4.69) is 20.3 Å². The summed E-state index contributed by atoms with van der Waals surface area (Å²) in [6.07, 6.45) is -3.78. The van der Waals surface area contributed by atoms with Crippen LogP contribution in [0.1, 0.15) is 19.6 Å². The van der Waals surface area contributed by atoms with Gasteiger partial charge in [-0.2, -0.15) is 0 Å². The van der Waals surface area contributed by atoms with Crippen molar-refractivity contribution in [3.8, 4) is 0 Å². The van der Waals surface area contributed by atoms with E-state index in [-0.39, 0.29) is 12.2 Å². The van der Waals surface area contributed by atoms with Gasteiger partial charge in [0.25, 0.3) is 0 Å². The van der Waals surface area contributed by atoms with E-state index in [0.717, 1.165) is 0 Å². The third-order valence-corrected chi connectivity index (χ3v) is 3.88. The van der Waals surface area contributed by atoms with E-state index in [0.29, 0.717) is 11.2 Å². The van der Waals surface area contributed by atoms with Crippen molar-refractivity contribution in [2.45, 2.75) is 44.1 Å². The Labute approximate surface area is 136 Å². The Morgan fingerprint density at radius 3 is 2.88 bits per heavy atom. The monoisotopic (exact) mass is 338 g/mol. The number of nitrogens with two attached hydrogens (primary N) is 1. The number of aliphatic hydroxyl groups excluding tert-OH is 3. The minimum absolute atomic E-state index is 0.161. The molecule has 1 aliphatic rings. The molecule has 0 unspecified atom stereocenters. The van der Waals surface area contributed by atoms with Gasteiger partial charge in [-0.15, -0.1) is 0 Å². The second-order valence-corrected chi connectivity index (χ2v) is 5.42. The highest BCUT2D eigenvalue weighted by molar-refractivity contribution is 5.81. The summed E-state index contributed by atoms with van der Waals surface area (Å²) in [6, 6.07) is 0. The summed E-state index contributed by atoms with van der Waals surface area (Å²) in [5, 5.41) is 32.7. The van der Waals surface area contributed by atoms with Crippen LogP contribution in [0.2, 0.25) is 0 Å². The van der Waals surface area contributed by atoms with Crippen LogP contribution in [0.15, 0.2) is 12.7 Å². The molecule has 2 aromatic heterocycles. The van der Waals surface area contributed by atoms with E-state index >= 15 is 0 Å². The minimum Gasteiger partial charge on any atom is -0.387 e. The number of ether oxygens (including phenoxy) is 1. The number of nitrogens with one attached hydrogen (secondary N) is 1. The molecule has 1 saturated heterocycles. The molecule has 0 radical (unpaired) electrons. The molecule has 11 heteroatoms. The Balaban J connectivity index is 1.87. The van der Waals surface area contributed by atoms with Crippen LogP contribution in [-0.4, -0.2) is 65.3 Å². The predicted octanol–water partition coefficient (Wildman–Crippen LogP) is -2.13. The molecule has 5 atom stereocenters. The molecule has 0 spiro atoms. The van der Waals surface area contributed by atoms with Crippen LogP contribution in [0.4, 0.5) is 5.82 Å². The number of rotatable bonds is 4. The molecule has 1 amide bonds. The van der Waals surface area contributed by atoms with Gasteiger partial charge < -0.3 is 31.1 Å². The summed E-state index contributed by atoms with van der Waals surface area (Å²) in [5.74, 6) is -0.247. The summed E-state index contributed by atoms with van der Waals surface area (Å²) in [6.45, 7) is 1.62. The lowest BCUT2D eigenvalue weighted by Crippen LogP contribution is -2.48. The van der Waals surface area contributed by atoms with E-state index in [1.165, 1.54) is 17.2 Å². The number of aliphatic hydroxyl groups is 3. The van der Waals surface area contributed by atoms with Crippen molar-refractivity contribution in [2.75, 3.05) is 5.73 Å². The van der Waals surface area contributed by atoms with Crippen molar-refractivity contribution >= 4 is 22.9 Å². The molecule has 0 aromatic carbocycles. The van der Waals surface area contributed by atoms with Crippen molar-refractivity contribution in [3.63, 3.8) is 0 Å². The van der Waals surface area contributed by atoms with Crippen molar-refractivity contribution < 1.29 is 24.9 Å². The second-order valence-electron chi connectivity index (χ2n) is 5.42. The Kier molecular flexibility index (Phi) is 4.32. The summed E-state index contributed by atoms with van der Waals surface area (Å²) in [7, 11) is 0. The molecule has 3 heterocycles. The molecule has 0 bridgehead atoms. The molecular weight excluding hydrogens is 320 g/mol. The first-order valence-corrected chi connectivity index (χ1v) is 7.36. The molecule has 130 valence electrons. The molecule has 6 N–H and O–H groups in total. The van der Waals surface area contributed by atoms with Gasteiger partial charge in [0.15, 0.2) is 23.9 Å². The predicted molar refractivity (Wildman–Crippen MR) is 80.1 cm³/mol. The van der Waals surface area contributed by atoms with Crippen molar-refractivity contribution in [1.82, 2.24) is 24.8 Å². The number of hydrogen-bond acceptors (Lipinski definition) is 9. The first kappa shape index (κ1) is 16.5. The number of carbonyl (C=O) groups is 1. The number of anilines is 1. The summed E-state index contributed by atoms with van der Waals surface area (Å²) in [5.41, 5.74) is 6.35. The highest BCUT2D eigenvalue weighted by Gasteiger charge is 2.47. The lowest BCUT2D eigenvalue weighted by molar-refractivity contribution is -0.132. The molecule has 0 aliphatic carbocycles. The van der Waals surface area contributed by atoms with Crippen molar-refractivity contribution in [3.05, 3.63) is 12.7 Å². The van der Waals surface area contributed by atoms with E-state index < -0.39 is 36.7 Å². The van der Waals surface area contributed by atoms with Gasteiger partial charge in [-0.25, -0.2) is 15.0 Å². The average Bonchev–Trinajstić information content (AvgIpc) is 3.11. The van der Waals surface area contributed by atoms with Crippen molar-refractivity contribution in [1.29, 1.82) is 0 Å². The van der Waals surface area contributed by atoms with Crippen LogP contribution in [0.5, 0.6) is 0 Å². The lowest BCUT2D eigenvalue weighted by Gasteiger charge is -2.21. The van der Waals surface area contributed by atoms with Gasteiger partial charge in [0, 0.05) is 6.42 Å². The van der Waals surface area contributed by atoms with E-state index in [9.17, 15) is 20.1 Å². The average molecular weight is 338 g/mol. The molecule has 1 fully saturated rings. The van der Waals surface area contributed by atoms with E-state index in [4.69, 9.17) is 10.5 Å². The number of imidazole rings is 1. The highest BCUT2D eigenvalue weighted by atomic mass is 16.6. The maximum absolute atomic E-state index is 11.4. The first-order chi connectivity index (χ1) is 11.4. The van der Waals surface area contributed by atoms with Gasteiger partial charge >= 0.3 is 0 Å². The molecule has 11 nitrogen and oxygen atoms in total. The van der Waals surface area contributed by atoms with Crippen LogP contribution in [-0.2, 0) is 9.53 Å². The van der Waals surface area contributed by atoms with Gasteiger partial charge in [-0.1, -0.05) is 6.92 Å². The van der Waals surface area contributed by atoms with E-state index in [1.54, 1.807) is 6.92 Å². The number of nitrogen functional groups attached to an aromatic ring is 1. The number of aromatic nitrogens is 4. The summed E-state index contributed by atoms with van der Waals surface area (Å²) in [4.78, 5) is 23.3. The van der Waals surface area contributed by atoms with Gasteiger partial charge in [0.2, 0.25) is 5.91 Å². The van der Waals surface area contributed by atoms with Crippen LogP contribution < -0.4 is 11.1 Å². The first-order valence-electron chi connectivity index (χ1n) is 7.36. The van der Waals surface area contributed by atoms with Crippen LogP contribution >= 0.6 is 0 Å². The summed E-state index contributed by atoms with van der Waals surface area (Å²) >= 11 is 0. The minimum atomic E-state index is -1.47.